The van der Waals surface area contributed by atoms with Gasteiger partial charge >= 0.3 is 18.0 Å². The first-order chi connectivity index (χ1) is 12.0. The van der Waals surface area contributed by atoms with Crippen molar-refractivity contribution >= 4 is 18.0 Å². The molecule has 0 bridgehead atoms. The minimum atomic E-state index is -0.941. The van der Waals surface area contributed by atoms with Crippen molar-refractivity contribution < 1.29 is 33.0 Å². The Labute approximate surface area is 142 Å². The lowest BCUT2D eigenvalue weighted by Gasteiger charge is -2.21. The first kappa shape index (κ1) is 18.2. The number of halogens is 1. The van der Waals surface area contributed by atoms with Gasteiger partial charge in [-0.2, -0.15) is 0 Å². The topological polar surface area (TPSA) is 103 Å². The van der Waals surface area contributed by atoms with Crippen LogP contribution in [0.3, 0.4) is 0 Å². The number of carbonyl (C=O) groups excluding carboxylic acids is 3. The second-order valence-corrected chi connectivity index (χ2v) is 4.91. The predicted octanol–water partition coefficient (Wildman–Crippen LogP) is 1.12. The lowest BCUT2D eigenvalue weighted by atomic mass is 10.1. The number of benzene rings is 1. The molecule has 2 N–H and O–H groups in total. The molecule has 2 amide bonds. The maximum atomic E-state index is 13.9. The minimum Gasteiger partial charge on any atom is -0.497 e. The molecule has 8 nitrogen and oxygen atoms in total. The maximum absolute atomic E-state index is 13.9. The van der Waals surface area contributed by atoms with Crippen LogP contribution in [0.15, 0.2) is 29.5 Å². The second-order valence-electron chi connectivity index (χ2n) is 4.91. The van der Waals surface area contributed by atoms with Crippen molar-refractivity contribution in [2.24, 2.45) is 0 Å². The summed E-state index contributed by atoms with van der Waals surface area (Å²) in [5, 5.41) is 4.80. The van der Waals surface area contributed by atoms with Gasteiger partial charge in [0.1, 0.15) is 18.2 Å². The third-order valence-corrected chi connectivity index (χ3v) is 3.32. The zero-order valence-electron chi connectivity index (χ0n) is 13.7. The van der Waals surface area contributed by atoms with Crippen LogP contribution in [0, 0.1) is 5.82 Å². The van der Waals surface area contributed by atoms with Gasteiger partial charge in [0, 0.05) is 6.07 Å². The van der Waals surface area contributed by atoms with Crippen LogP contribution in [0.1, 0.15) is 17.3 Å². The van der Waals surface area contributed by atoms with E-state index in [9.17, 15) is 18.8 Å². The molecule has 134 valence electrons. The van der Waals surface area contributed by atoms with Crippen molar-refractivity contribution in [1.82, 2.24) is 10.6 Å². The molecule has 0 saturated carbocycles. The van der Waals surface area contributed by atoms with Crippen molar-refractivity contribution in [1.29, 1.82) is 0 Å². The first-order valence-corrected chi connectivity index (χ1v) is 7.41. The third-order valence-electron chi connectivity index (χ3n) is 3.32. The van der Waals surface area contributed by atoms with Gasteiger partial charge in [0.2, 0.25) is 0 Å². The van der Waals surface area contributed by atoms with E-state index >= 15 is 0 Å². The summed E-state index contributed by atoms with van der Waals surface area (Å²) in [6.45, 7) is 1.32. The molecule has 0 fully saturated rings. The standard InChI is InChI=1S/C16H17FN2O6/c1-3-24-15(21)11-7-18-16(22)19-13(11)8-25-14(20)10-5-4-9(23-2)6-12(10)17/h4-6H,3,7-8H2,1-2H3,(H2,18,19,22). The number of amides is 2. The average molecular weight is 352 g/mol. The summed E-state index contributed by atoms with van der Waals surface area (Å²) in [7, 11) is 1.37. The maximum Gasteiger partial charge on any atom is 0.341 e. The number of rotatable bonds is 6. The fourth-order valence-electron chi connectivity index (χ4n) is 2.07. The SMILES string of the molecule is CCOC(=O)C1=C(COC(=O)c2ccc(OC)cc2F)NC(=O)NC1. The molecular formula is C16H17FN2O6. The molecule has 9 heteroatoms. The summed E-state index contributed by atoms with van der Waals surface area (Å²) in [4.78, 5) is 35.3. The molecule has 25 heavy (non-hydrogen) atoms. The number of hydrogen-bond donors (Lipinski definition) is 2. The van der Waals surface area contributed by atoms with Crippen molar-refractivity contribution in [2.75, 3.05) is 26.9 Å². The molecule has 1 aliphatic heterocycles. The number of urea groups is 1. The van der Waals surface area contributed by atoms with Crippen LogP contribution >= 0.6 is 0 Å². The fraction of sp³-hybridized carbons (Fsp3) is 0.312. The average Bonchev–Trinajstić information content (AvgIpc) is 2.59. The number of nitrogens with one attached hydrogen (secondary N) is 2. The smallest absolute Gasteiger partial charge is 0.341 e. The van der Waals surface area contributed by atoms with E-state index in [4.69, 9.17) is 14.2 Å². The van der Waals surface area contributed by atoms with Gasteiger partial charge in [-0.15, -0.1) is 0 Å². The van der Waals surface area contributed by atoms with Crippen molar-refractivity contribution in [3.63, 3.8) is 0 Å². The summed E-state index contributed by atoms with van der Waals surface area (Å²) in [5.74, 6) is -2.13. The van der Waals surface area contributed by atoms with Gasteiger partial charge in [-0.1, -0.05) is 0 Å². The summed E-state index contributed by atoms with van der Waals surface area (Å²) < 4.78 is 28.6. The molecule has 0 unspecified atom stereocenters. The van der Waals surface area contributed by atoms with Gasteiger partial charge < -0.3 is 24.8 Å². The number of carbonyl (C=O) groups is 3. The van der Waals surface area contributed by atoms with Crippen molar-refractivity contribution in [2.45, 2.75) is 6.92 Å². The van der Waals surface area contributed by atoms with Crippen LogP contribution in [-0.2, 0) is 14.3 Å². The van der Waals surface area contributed by atoms with Crippen molar-refractivity contribution in [3.05, 3.63) is 40.8 Å². The molecule has 1 aromatic carbocycles. The van der Waals surface area contributed by atoms with Gasteiger partial charge in [0.25, 0.3) is 0 Å². The third kappa shape index (κ3) is 4.46. The molecule has 0 aliphatic carbocycles. The zero-order valence-corrected chi connectivity index (χ0v) is 13.7. The molecule has 0 saturated heterocycles. The Bertz CT molecular complexity index is 731. The normalized spacial score (nSPS) is 13.6. The number of esters is 2. The Kier molecular flexibility index (Phi) is 5.93. The number of hydrogen-bond acceptors (Lipinski definition) is 6. The molecule has 1 heterocycles. The van der Waals surface area contributed by atoms with Gasteiger partial charge in [-0.25, -0.2) is 18.8 Å². The lowest BCUT2D eigenvalue weighted by Crippen LogP contribution is -2.45. The van der Waals surface area contributed by atoms with Crippen LogP contribution in [-0.4, -0.2) is 44.8 Å². The fourth-order valence-corrected chi connectivity index (χ4v) is 2.07. The molecule has 0 atom stereocenters. The van der Waals surface area contributed by atoms with Crippen LogP contribution in [0.25, 0.3) is 0 Å². The summed E-state index contributed by atoms with van der Waals surface area (Å²) in [6.07, 6.45) is 0. The van der Waals surface area contributed by atoms with E-state index in [1.165, 1.54) is 19.2 Å². The van der Waals surface area contributed by atoms with E-state index in [0.717, 1.165) is 6.07 Å². The van der Waals surface area contributed by atoms with Gasteiger partial charge in [0.15, 0.2) is 0 Å². The van der Waals surface area contributed by atoms with E-state index in [1.54, 1.807) is 6.92 Å². The highest BCUT2D eigenvalue weighted by Crippen LogP contribution is 2.17. The van der Waals surface area contributed by atoms with E-state index in [2.05, 4.69) is 10.6 Å². The Balaban J connectivity index is 2.12. The molecule has 2 rings (SSSR count). The van der Waals surface area contributed by atoms with E-state index in [-0.39, 0.29) is 35.7 Å². The largest absolute Gasteiger partial charge is 0.497 e. The molecule has 0 radical (unpaired) electrons. The quantitative estimate of drug-likeness (QED) is 0.744. The Morgan fingerprint density at radius 1 is 1.24 bits per heavy atom. The number of ether oxygens (including phenoxy) is 3. The highest BCUT2D eigenvalue weighted by atomic mass is 19.1. The minimum absolute atomic E-state index is 0.0611. The van der Waals surface area contributed by atoms with E-state index in [0.29, 0.717) is 0 Å². The zero-order chi connectivity index (χ0) is 18.4. The highest BCUT2D eigenvalue weighted by Gasteiger charge is 2.25. The van der Waals surface area contributed by atoms with Gasteiger partial charge in [-0.3, -0.25) is 0 Å². The molecule has 1 aliphatic rings. The lowest BCUT2D eigenvalue weighted by molar-refractivity contribution is -0.138. The first-order valence-electron chi connectivity index (χ1n) is 7.41. The molecule has 0 spiro atoms. The van der Waals surface area contributed by atoms with Gasteiger partial charge in [0.05, 0.1) is 37.1 Å². The van der Waals surface area contributed by atoms with Crippen LogP contribution in [0.5, 0.6) is 5.75 Å². The summed E-state index contributed by atoms with van der Waals surface area (Å²) >= 11 is 0. The Hall–Kier alpha value is -3.10. The van der Waals surface area contributed by atoms with Crippen LogP contribution < -0.4 is 15.4 Å². The van der Waals surface area contributed by atoms with Crippen molar-refractivity contribution in [3.8, 4) is 5.75 Å². The second kappa shape index (κ2) is 8.13. The van der Waals surface area contributed by atoms with Crippen LogP contribution in [0.2, 0.25) is 0 Å². The molecular weight excluding hydrogens is 335 g/mol. The van der Waals surface area contributed by atoms with E-state index in [1.807, 2.05) is 0 Å². The van der Waals surface area contributed by atoms with E-state index < -0.39 is 30.4 Å². The Morgan fingerprint density at radius 3 is 2.64 bits per heavy atom. The Morgan fingerprint density at radius 2 is 2.00 bits per heavy atom. The monoisotopic (exact) mass is 352 g/mol. The molecule has 0 aromatic heterocycles. The summed E-state index contributed by atoms with van der Waals surface area (Å²) in [6, 6.07) is 3.13. The predicted molar refractivity (Wildman–Crippen MR) is 83.4 cm³/mol. The number of methoxy groups -OCH3 is 1. The summed E-state index contributed by atoms with van der Waals surface area (Å²) in [5.41, 5.74) is -0.0757. The van der Waals surface area contributed by atoms with Gasteiger partial charge in [-0.05, 0) is 19.1 Å². The highest BCUT2D eigenvalue weighted by molar-refractivity contribution is 5.94. The molecule has 1 aromatic rings. The van der Waals surface area contributed by atoms with Crippen LogP contribution in [0.4, 0.5) is 9.18 Å².